The van der Waals surface area contributed by atoms with E-state index in [4.69, 9.17) is 11.6 Å². The van der Waals surface area contributed by atoms with Gasteiger partial charge in [-0.05, 0) is 86.3 Å². The van der Waals surface area contributed by atoms with Gasteiger partial charge in [-0.2, -0.15) is 0 Å². The second-order valence-electron chi connectivity index (χ2n) is 9.41. The Balaban J connectivity index is 1.41. The number of anilines is 1. The lowest BCUT2D eigenvalue weighted by Gasteiger charge is -2.26. The van der Waals surface area contributed by atoms with Crippen molar-refractivity contribution in [1.82, 2.24) is 10.2 Å². The van der Waals surface area contributed by atoms with Crippen LogP contribution in [0.15, 0.2) is 65.6 Å². The first-order valence-corrected chi connectivity index (χ1v) is 14.1. The standard InChI is InChI=1S/C28H32ClN3O3S/c1-20-6-7-21(2)26(16-20)31-36(34,35)27-17-24(12-13-25(27)29)28(33)30-18-22-8-10-23(11-9-22)19-32-14-4-3-5-15-32/h6-13,16-17,31H,3-5,14-15,18-19H2,1-2H3,(H,30,33). The van der Waals surface area contributed by atoms with Gasteiger partial charge in [0, 0.05) is 18.7 Å². The summed E-state index contributed by atoms with van der Waals surface area (Å²) >= 11 is 6.23. The summed E-state index contributed by atoms with van der Waals surface area (Å²) in [5, 5.41) is 2.92. The van der Waals surface area contributed by atoms with E-state index in [0.717, 1.165) is 36.3 Å². The minimum absolute atomic E-state index is 0.0497. The number of amides is 1. The highest BCUT2D eigenvalue weighted by atomic mass is 35.5. The molecule has 2 N–H and O–H groups in total. The van der Waals surface area contributed by atoms with Crippen LogP contribution in [-0.2, 0) is 23.1 Å². The molecule has 0 aromatic heterocycles. The van der Waals surface area contributed by atoms with Gasteiger partial charge in [0.1, 0.15) is 4.90 Å². The molecule has 4 rings (SSSR count). The number of rotatable bonds is 8. The van der Waals surface area contributed by atoms with E-state index < -0.39 is 10.0 Å². The van der Waals surface area contributed by atoms with Crippen LogP contribution >= 0.6 is 11.6 Å². The first kappa shape index (κ1) is 26.2. The van der Waals surface area contributed by atoms with Crippen molar-refractivity contribution in [3.05, 3.63) is 93.5 Å². The molecule has 1 fully saturated rings. The number of nitrogens with zero attached hydrogens (tertiary/aromatic N) is 1. The van der Waals surface area contributed by atoms with Crippen molar-refractivity contribution in [3.8, 4) is 0 Å². The highest BCUT2D eigenvalue weighted by molar-refractivity contribution is 7.92. The molecule has 190 valence electrons. The highest BCUT2D eigenvalue weighted by Gasteiger charge is 2.21. The van der Waals surface area contributed by atoms with E-state index in [9.17, 15) is 13.2 Å². The van der Waals surface area contributed by atoms with Crippen LogP contribution in [0.3, 0.4) is 0 Å². The summed E-state index contributed by atoms with van der Waals surface area (Å²) in [4.78, 5) is 15.2. The molecule has 8 heteroatoms. The van der Waals surface area contributed by atoms with Crippen molar-refractivity contribution in [2.45, 2.75) is 51.1 Å². The topological polar surface area (TPSA) is 78.5 Å². The Kier molecular flexibility index (Phi) is 8.34. The predicted octanol–water partition coefficient (Wildman–Crippen LogP) is 5.67. The maximum Gasteiger partial charge on any atom is 0.263 e. The van der Waals surface area contributed by atoms with Gasteiger partial charge in [-0.15, -0.1) is 0 Å². The molecule has 1 heterocycles. The zero-order chi connectivity index (χ0) is 25.7. The number of hydrogen-bond acceptors (Lipinski definition) is 4. The molecule has 36 heavy (non-hydrogen) atoms. The molecule has 0 atom stereocenters. The Morgan fingerprint density at radius 1 is 0.917 bits per heavy atom. The number of aryl methyl sites for hydroxylation is 2. The summed E-state index contributed by atoms with van der Waals surface area (Å²) in [6.45, 7) is 7.30. The van der Waals surface area contributed by atoms with Gasteiger partial charge in [-0.3, -0.25) is 14.4 Å². The van der Waals surface area contributed by atoms with E-state index in [1.54, 1.807) is 6.07 Å². The molecule has 0 unspecified atom stereocenters. The van der Waals surface area contributed by atoms with Crippen molar-refractivity contribution < 1.29 is 13.2 Å². The minimum Gasteiger partial charge on any atom is -0.348 e. The molecule has 0 bridgehead atoms. The Morgan fingerprint density at radius 2 is 1.61 bits per heavy atom. The zero-order valence-electron chi connectivity index (χ0n) is 20.7. The van der Waals surface area contributed by atoms with Gasteiger partial charge in [-0.1, -0.05) is 54.4 Å². The van der Waals surface area contributed by atoms with Crippen molar-refractivity contribution >= 4 is 33.2 Å². The summed E-state index contributed by atoms with van der Waals surface area (Å²) in [5.41, 5.74) is 4.65. The van der Waals surface area contributed by atoms with E-state index >= 15 is 0 Å². The van der Waals surface area contributed by atoms with E-state index in [2.05, 4.69) is 27.1 Å². The van der Waals surface area contributed by atoms with Crippen molar-refractivity contribution in [1.29, 1.82) is 0 Å². The third-order valence-electron chi connectivity index (χ3n) is 6.45. The molecule has 0 saturated carbocycles. The Hall–Kier alpha value is -2.87. The molecule has 0 radical (unpaired) electrons. The second-order valence-corrected chi connectivity index (χ2v) is 11.5. The highest BCUT2D eigenvalue weighted by Crippen LogP contribution is 2.27. The quantitative estimate of drug-likeness (QED) is 0.397. The van der Waals surface area contributed by atoms with Gasteiger partial charge in [-0.25, -0.2) is 8.42 Å². The van der Waals surface area contributed by atoms with Gasteiger partial charge in [0.05, 0.1) is 10.7 Å². The third kappa shape index (κ3) is 6.66. The van der Waals surface area contributed by atoms with Gasteiger partial charge < -0.3 is 5.32 Å². The number of nitrogens with one attached hydrogen (secondary N) is 2. The average Bonchev–Trinajstić information content (AvgIpc) is 2.86. The maximum absolute atomic E-state index is 13.1. The number of carbonyl (C=O) groups is 1. The summed E-state index contributed by atoms with van der Waals surface area (Å²) in [7, 11) is -3.99. The summed E-state index contributed by atoms with van der Waals surface area (Å²) in [6.07, 6.45) is 3.85. The van der Waals surface area contributed by atoms with E-state index in [1.807, 2.05) is 38.1 Å². The van der Waals surface area contributed by atoms with Crippen molar-refractivity contribution in [2.24, 2.45) is 0 Å². The number of likely N-dealkylation sites (tertiary alicyclic amines) is 1. The van der Waals surface area contributed by atoms with Gasteiger partial charge in [0.2, 0.25) is 0 Å². The molecule has 0 spiro atoms. The fraction of sp³-hybridized carbons (Fsp3) is 0.321. The SMILES string of the molecule is Cc1ccc(C)c(NS(=O)(=O)c2cc(C(=O)NCc3ccc(CN4CCCCC4)cc3)ccc2Cl)c1. The fourth-order valence-electron chi connectivity index (χ4n) is 4.32. The lowest BCUT2D eigenvalue weighted by atomic mass is 10.1. The van der Waals surface area contributed by atoms with Crippen LogP contribution in [-0.4, -0.2) is 32.3 Å². The van der Waals surface area contributed by atoms with Crippen molar-refractivity contribution in [2.75, 3.05) is 17.8 Å². The van der Waals surface area contributed by atoms with Gasteiger partial charge in [0.15, 0.2) is 0 Å². The monoisotopic (exact) mass is 525 g/mol. The molecular weight excluding hydrogens is 494 g/mol. The van der Waals surface area contributed by atoms with Crippen LogP contribution in [0.5, 0.6) is 0 Å². The number of carbonyl (C=O) groups excluding carboxylic acids is 1. The largest absolute Gasteiger partial charge is 0.348 e. The smallest absolute Gasteiger partial charge is 0.263 e. The van der Waals surface area contributed by atoms with Gasteiger partial charge >= 0.3 is 0 Å². The summed E-state index contributed by atoms with van der Waals surface area (Å²) in [5.74, 6) is -0.368. The van der Waals surface area contributed by atoms with Crippen LogP contribution in [0.25, 0.3) is 0 Å². The first-order valence-electron chi connectivity index (χ1n) is 12.2. The predicted molar refractivity (Wildman–Crippen MR) is 145 cm³/mol. The molecule has 1 amide bonds. The van der Waals surface area contributed by atoms with Crippen LogP contribution < -0.4 is 10.0 Å². The molecule has 3 aromatic rings. The second kappa shape index (κ2) is 11.5. The molecule has 3 aromatic carbocycles. The number of halogens is 1. The Bertz CT molecular complexity index is 1330. The lowest BCUT2D eigenvalue weighted by Crippen LogP contribution is -2.29. The third-order valence-corrected chi connectivity index (χ3v) is 8.30. The normalized spacial score (nSPS) is 14.4. The van der Waals surface area contributed by atoms with Crippen LogP contribution in [0, 0.1) is 13.8 Å². The minimum atomic E-state index is -3.99. The molecule has 0 aliphatic carbocycles. The zero-order valence-corrected chi connectivity index (χ0v) is 22.3. The first-order chi connectivity index (χ1) is 17.2. The van der Waals surface area contributed by atoms with Crippen LogP contribution in [0.4, 0.5) is 5.69 Å². The van der Waals surface area contributed by atoms with E-state index in [-0.39, 0.29) is 21.4 Å². The summed E-state index contributed by atoms with van der Waals surface area (Å²) in [6, 6.07) is 18.0. The van der Waals surface area contributed by atoms with Crippen LogP contribution in [0.2, 0.25) is 5.02 Å². The van der Waals surface area contributed by atoms with Crippen LogP contribution in [0.1, 0.15) is 51.9 Å². The number of piperidine rings is 1. The lowest BCUT2D eigenvalue weighted by molar-refractivity contribution is 0.0950. The van der Waals surface area contributed by atoms with E-state index in [1.165, 1.54) is 43.0 Å². The number of sulfonamides is 1. The molecular formula is C28H32ClN3O3S. The number of benzene rings is 3. The Labute approximate surface area is 218 Å². The fourth-order valence-corrected chi connectivity index (χ4v) is 5.97. The average molecular weight is 526 g/mol. The molecule has 1 saturated heterocycles. The Morgan fingerprint density at radius 3 is 2.33 bits per heavy atom. The summed E-state index contributed by atoms with van der Waals surface area (Å²) < 4.78 is 28.8. The number of hydrogen-bond donors (Lipinski definition) is 2. The van der Waals surface area contributed by atoms with Gasteiger partial charge in [0.25, 0.3) is 15.9 Å². The van der Waals surface area contributed by atoms with E-state index in [0.29, 0.717) is 12.2 Å². The maximum atomic E-state index is 13.1. The van der Waals surface area contributed by atoms with Crippen molar-refractivity contribution in [3.63, 3.8) is 0 Å². The molecule has 6 nitrogen and oxygen atoms in total. The molecule has 1 aliphatic heterocycles. The molecule has 1 aliphatic rings.